The summed E-state index contributed by atoms with van der Waals surface area (Å²) in [4.78, 5) is 4.64. The highest BCUT2D eigenvalue weighted by Crippen LogP contribution is 2.32. The molecule has 0 aliphatic carbocycles. The molecule has 3 N–H and O–H groups in total. The van der Waals surface area contributed by atoms with E-state index in [1.807, 2.05) is 37.3 Å². The number of benzene rings is 2. The number of aromatic hydroxyl groups is 1. The molecule has 3 rings (SSSR count). The Kier molecular flexibility index (Phi) is 9.19. The van der Waals surface area contributed by atoms with Gasteiger partial charge in [-0.3, -0.25) is 4.99 Å². The van der Waals surface area contributed by atoms with E-state index in [1.165, 1.54) is 5.56 Å². The minimum Gasteiger partial charge on any atom is -0.508 e. The zero-order valence-corrected chi connectivity index (χ0v) is 18.4. The third-order valence-corrected chi connectivity index (χ3v) is 4.18. The van der Waals surface area contributed by atoms with Gasteiger partial charge in [0.25, 0.3) is 0 Å². The van der Waals surface area contributed by atoms with E-state index in [9.17, 15) is 5.11 Å². The van der Waals surface area contributed by atoms with Crippen molar-refractivity contribution in [3.8, 4) is 17.2 Å². The molecule has 0 bridgehead atoms. The van der Waals surface area contributed by atoms with Crippen LogP contribution < -0.4 is 20.1 Å². The highest BCUT2D eigenvalue weighted by molar-refractivity contribution is 14.0. The number of aryl methyl sites for hydroxylation is 1. The van der Waals surface area contributed by atoms with Crippen LogP contribution in [-0.4, -0.2) is 37.4 Å². The average Bonchev–Trinajstić information content (AvgIpc) is 2.92. The van der Waals surface area contributed by atoms with Gasteiger partial charge in [-0.05, 0) is 49.6 Å². The fourth-order valence-corrected chi connectivity index (χ4v) is 2.82. The van der Waals surface area contributed by atoms with Crippen LogP contribution >= 0.6 is 24.0 Å². The average molecular weight is 497 g/mol. The van der Waals surface area contributed by atoms with Crippen LogP contribution in [-0.2, 0) is 6.42 Å². The maximum atomic E-state index is 9.33. The number of rotatable bonds is 6. The van der Waals surface area contributed by atoms with Gasteiger partial charge in [0.1, 0.15) is 5.75 Å². The monoisotopic (exact) mass is 497 g/mol. The topological polar surface area (TPSA) is 75.1 Å². The lowest BCUT2D eigenvalue weighted by Gasteiger charge is -2.13. The summed E-state index contributed by atoms with van der Waals surface area (Å²) in [5, 5.41) is 15.9. The van der Waals surface area contributed by atoms with Crippen LogP contribution in [0.5, 0.6) is 17.2 Å². The molecule has 0 unspecified atom stereocenters. The molecule has 1 heterocycles. The Balaban J connectivity index is 0.00000280. The molecule has 0 atom stereocenters. The number of hydrogen-bond donors (Lipinski definition) is 3. The molecule has 1 aliphatic heterocycles. The van der Waals surface area contributed by atoms with Gasteiger partial charge < -0.3 is 25.2 Å². The summed E-state index contributed by atoms with van der Waals surface area (Å²) >= 11 is 0. The molecular formula is C21H28IN3O3. The molecule has 0 radical (unpaired) electrons. The molecule has 0 aromatic heterocycles. The van der Waals surface area contributed by atoms with E-state index in [1.54, 1.807) is 12.1 Å². The number of nitrogens with zero attached hydrogens (tertiary/aromatic N) is 1. The minimum absolute atomic E-state index is 0. The van der Waals surface area contributed by atoms with Gasteiger partial charge in [0.15, 0.2) is 17.5 Å². The predicted molar refractivity (Wildman–Crippen MR) is 123 cm³/mol. The van der Waals surface area contributed by atoms with E-state index in [-0.39, 0.29) is 24.0 Å². The fourth-order valence-electron chi connectivity index (χ4n) is 2.82. The zero-order chi connectivity index (χ0) is 18.9. The van der Waals surface area contributed by atoms with Gasteiger partial charge in [0.2, 0.25) is 0 Å². The van der Waals surface area contributed by atoms with Gasteiger partial charge in [-0.2, -0.15) is 0 Å². The Morgan fingerprint density at radius 2 is 1.82 bits per heavy atom. The number of fused-ring (bicyclic) bond motifs is 1. The van der Waals surface area contributed by atoms with Crippen LogP contribution in [0, 0.1) is 0 Å². The number of halogens is 1. The highest BCUT2D eigenvalue weighted by Gasteiger charge is 2.11. The Morgan fingerprint density at radius 1 is 1.07 bits per heavy atom. The number of phenols is 1. The molecule has 0 saturated heterocycles. The van der Waals surface area contributed by atoms with E-state index in [0.29, 0.717) is 25.5 Å². The molecule has 6 nitrogen and oxygen atoms in total. The Morgan fingerprint density at radius 3 is 2.57 bits per heavy atom. The summed E-state index contributed by atoms with van der Waals surface area (Å²) in [5.41, 5.74) is 2.11. The highest BCUT2D eigenvalue weighted by atomic mass is 127. The summed E-state index contributed by atoms with van der Waals surface area (Å²) in [6.07, 6.45) is 2.75. The predicted octanol–water partition coefficient (Wildman–Crippen LogP) is 4.18. The first-order valence-electron chi connectivity index (χ1n) is 9.47. The molecule has 152 valence electrons. The van der Waals surface area contributed by atoms with Crippen molar-refractivity contribution in [2.45, 2.75) is 26.2 Å². The van der Waals surface area contributed by atoms with Gasteiger partial charge in [0.05, 0.1) is 13.2 Å². The van der Waals surface area contributed by atoms with Crippen molar-refractivity contribution in [2.75, 3.05) is 31.6 Å². The molecule has 1 aliphatic rings. The van der Waals surface area contributed by atoms with Crippen LogP contribution in [0.15, 0.2) is 47.5 Å². The second-order valence-electron chi connectivity index (χ2n) is 6.37. The van der Waals surface area contributed by atoms with Crippen LogP contribution in [0.1, 0.15) is 25.3 Å². The molecule has 2 aromatic carbocycles. The lowest BCUT2D eigenvalue weighted by atomic mass is 10.1. The summed E-state index contributed by atoms with van der Waals surface area (Å²) in [6.45, 7) is 4.89. The summed E-state index contributed by atoms with van der Waals surface area (Å²) in [7, 11) is 0. The SMILES string of the molecule is CCNC(=NCCCc1ccc(O)cc1)Nc1ccc2c(c1)OCCCO2.I. The molecule has 0 fully saturated rings. The standard InChI is InChI=1S/C21H27N3O3.HI/c1-2-22-21(23-12-3-5-16-6-9-18(25)10-7-16)24-17-8-11-19-20(15-17)27-14-4-13-26-19;/h6-11,15,25H,2-5,12-14H2,1H3,(H2,22,23,24);1H. The number of anilines is 1. The third kappa shape index (κ3) is 6.78. The largest absolute Gasteiger partial charge is 0.508 e. The van der Waals surface area contributed by atoms with Crippen LogP contribution in [0.4, 0.5) is 5.69 Å². The second-order valence-corrected chi connectivity index (χ2v) is 6.37. The van der Waals surface area contributed by atoms with E-state index in [0.717, 1.165) is 49.0 Å². The number of hydrogen-bond acceptors (Lipinski definition) is 4. The number of guanidine groups is 1. The molecular weight excluding hydrogens is 469 g/mol. The van der Waals surface area contributed by atoms with Crippen molar-refractivity contribution in [3.63, 3.8) is 0 Å². The quantitative estimate of drug-likeness (QED) is 0.242. The normalized spacial score (nSPS) is 13.2. The van der Waals surface area contributed by atoms with Crippen LogP contribution in [0.2, 0.25) is 0 Å². The van der Waals surface area contributed by atoms with E-state index in [4.69, 9.17) is 9.47 Å². The Labute approximate surface area is 183 Å². The molecule has 0 spiro atoms. The number of phenolic OH excluding ortho intramolecular Hbond substituents is 1. The van der Waals surface area contributed by atoms with E-state index in [2.05, 4.69) is 15.6 Å². The number of ether oxygens (including phenoxy) is 2. The first kappa shape index (κ1) is 22.1. The Hall–Kier alpha value is -2.16. The van der Waals surface area contributed by atoms with Crippen molar-refractivity contribution in [1.82, 2.24) is 5.32 Å². The molecule has 0 amide bonds. The minimum atomic E-state index is 0. The van der Waals surface area contributed by atoms with Crippen molar-refractivity contribution in [2.24, 2.45) is 4.99 Å². The Bertz CT molecular complexity index is 766. The van der Waals surface area contributed by atoms with Crippen molar-refractivity contribution in [1.29, 1.82) is 0 Å². The van der Waals surface area contributed by atoms with Gasteiger partial charge >= 0.3 is 0 Å². The summed E-state index contributed by atoms with van der Waals surface area (Å²) in [5.74, 6) is 2.60. The molecule has 7 heteroatoms. The summed E-state index contributed by atoms with van der Waals surface area (Å²) in [6, 6.07) is 13.2. The smallest absolute Gasteiger partial charge is 0.195 e. The molecule has 28 heavy (non-hydrogen) atoms. The van der Waals surface area contributed by atoms with Gasteiger partial charge in [0, 0.05) is 31.3 Å². The first-order valence-corrected chi connectivity index (χ1v) is 9.47. The summed E-state index contributed by atoms with van der Waals surface area (Å²) < 4.78 is 11.4. The van der Waals surface area contributed by atoms with Gasteiger partial charge in [-0.25, -0.2) is 0 Å². The number of aliphatic imine (C=N–C) groups is 1. The lowest BCUT2D eigenvalue weighted by Crippen LogP contribution is -2.30. The van der Waals surface area contributed by atoms with Gasteiger partial charge in [-0.15, -0.1) is 24.0 Å². The van der Waals surface area contributed by atoms with Crippen molar-refractivity contribution >= 4 is 35.6 Å². The van der Waals surface area contributed by atoms with Crippen LogP contribution in [0.3, 0.4) is 0 Å². The first-order chi connectivity index (χ1) is 13.2. The zero-order valence-electron chi connectivity index (χ0n) is 16.1. The number of nitrogens with one attached hydrogen (secondary N) is 2. The maximum absolute atomic E-state index is 9.33. The third-order valence-electron chi connectivity index (χ3n) is 4.18. The molecule has 0 saturated carbocycles. The fraction of sp³-hybridized carbons (Fsp3) is 0.381. The second kappa shape index (κ2) is 11.6. The van der Waals surface area contributed by atoms with Crippen LogP contribution in [0.25, 0.3) is 0 Å². The lowest BCUT2D eigenvalue weighted by molar-refractivity contribution is 0.297. The van der Waals surface area contributed by atoms with E-state index < -0.39 is 0 Å². The van der Waals surface area contributed by atoms with Crippen molar-refractivity contribution < 1.29 is 14.6 Å². The maximum Gasteiger partial charge on any atom is 0.195 e. The van der Waals surface area contributed by atoms with Gasteiger partial charge in [-0.1, -0.05) is 12.1 Å². The van der Waals surface area contributed by atoms with Crippen molar-refractivity contribution in [3.05, 3.63) is 48.0 Å². The molecule has 2 aromatic rings. The van der Waals surface area contributed by atoms with E-state index >= 15 is 0 Å².